The molecule has 0 radical (unpaired) electrons. The monoisotopic (exact) mass is 243 g/mol. The van der Waals surface area contributed by atoms with E-state index in [1.54, 1.807) is 0 Å². The minimum Gasteiger partial charge on any atom is -0.396 e. The molecule has 96 valence electrons. The molecule has 2 heteroatoms. The minimum absolute atomic E-state index is 0.0829. The Morgan fingerprint density at radius 1 is 1.06 bits per heavy atom. The largest absolute Gasteiger partial charge is 0.396 e. The Hall–Kier alpha value is -1.54. The van der Waals surface area contributed by atoms with Crippen LogP contribution in [0.3, 0.4) is 0 Å². The molecule has 0 fully saturated rings. The Morgan fingerprint density at radius 3 is 2.39 bits per heavy atom. The first-order chi connectivity index (χ1) is 8.52. The first-order valence-electron chi connectivity index (χ1n) is 6.33. The summed E-state index contributed by atoms with van der Waals surface area (Å²) in [6, 6.07) is 14.8. The SMILES string of the molecule is CN(CC(C)(C)CO)c1ccc2ccccc2c1. The van der Waals surface area contributed by atoms with Crippen molar-refractivity contribution in [2.75, 3.05) is 25.1 Å². The maximum absolute atomic E-state index is 9.33. The topological polar surface area (TPSA) is 23.5 Å². The van der Waals surface area contributed by atoms with Crippen molar-refractivity contribution in [3.05, 3.63) is 42.5 Å². The normalized spacial score (nSPS) is 11.8. The number of hydrogen-bond acceptors (Lipinski definition) is 2. The number of nitrogens with zero attached hydrogens (tertiary/aromatic N) is 1. The van der Waals surface area contributed by atoms with E-state index < -0.39 is 0 Å². The van der Waals surface area contributed by atoms with E-state index in [0.29, 0.717) is 0 Å². The van der Waals surface area contributed by atoms with Crippen LogP contribution in [0.1, 0.15) is 13.8 Å². The second kappa shape index (κ2) is 4.99. The van der Waals surface area contributed by atoms with Crippen LogP contribution in [0, 0.1) is 5.41 Å². The van der Waals surface area contributed by atoms with E-state index in [9.17, 15) is 5.11 Å². The van der Waals surface area contributed by atoms with Crippen LogP contribution >= 0.6 is 0 Å². The zero-order valence-corrected chi connectivity index (χ0v) is 11.4. The van der Waals surface area contributed by atoms with Gasteiger partial charge in [-0.3, -0.25) is 0 Å². The third-order valence-electron chi connectivity index (χ3n) is 3.27. The summed E-state index contributed by atoms with van der Waals surface area (Å²) in [5, 5.41) is 11.8. The van der Waals surface area contributed by atoms with Gasteiger partial charge in [-0.2, -0.15) is 0 Å². The van der Waals surface area contributed by atoms with E-state index in [1.807, 2.05) is 0 Å². The minimum atomic E-state index is -0.0829. The van der Waals surface area contributed by atoms with Crippen LogP contribution in [0.2, 0.25) is 0 Å². The Kier molecular flexibility index (Phi) is 3.58. The molecule has 2 nitrogen and oxygen atoms in total. The molecular weight excluding hydrogens is 222 g/mol. The predicted octanol–water partition coefficient (Wildman–Crippen LogP) is 3.29. The highest BCUT2D eigenvalue weighted by atomic mass is 16.3. The van der Waals surface area contributed by atoms with Crippen LogP contribution in [-0.2, 0) is 0 Å². The summed E-state index contributed by atoms with van der Waals surface area (Å²) in [5.41, 5.74) is 1.11. The Labute approximate surface area is 109 Å². The molecule has 0 amide bonds. The third kappa shape index (κ3) is 2.82. The van der Waals surface area contributed by atoms with E-state index in [4.69, 9.17) is 0 Å². The average Bonchev–Trinajstić information content (AvgIpc) is 2.37. The summed E-state index contributed by atoms with van der Waals surface area (Å²) < 4.78 is 0. The van der Waals surface area contributed by atoms with Crippen molar-refractivity contribution in [1.82, 2.24) is 0 Å². The van der Waals surface area contributed by atoms with Crippen LogP contribution in [0.5, 0.6) is 0 Å². The summed E-state index contributed by atoms with van der Waals surface area (Å²) in [7, 11) is 2.07. The first-order valence-corrected chi connectivity index (χ1v) is 6.33. The number of aliphatic hydroxyl groups excluding tert-OH is 1. The van der Waals surface area contributed by atoms with Crippen LogP contribution < -0.4 is 4.90 Å². The lowest BCUT2D eigenvalue weighted by Crippen LogP contribution is -2.33. The Morgan fingerprint density at radius 2 is 1.72 bits per heavy atom. The maximum atomic E-state index is 9.33. The summed E-state index contributed by atoms with van der Waals surface area (Å²) in [6.45, 7) is 5.18. The van der Waals surface area contributed by atoms with Gasteiger partial charge in [0.2, 0.25) is 0 Å². The number of hydrogen-bond donors (Lipinski definition) is 1. The van der Waals surface area contributed by atoms with Gasteiger partial charge in [-0.05, 0) is 22.9 Å². The van der Waals surface area contributed by atoms with Crippen molar-refractivity contribution in [2.24, 2.45) is 5.41 Å². The molecule has 0 aromatic heterocycles. The van der Waals surface area contributed by atoms with Crippen LogP contribution in [0.4, 0.5) is 5.69 Å². The van der Waals surface area contributed by atoms with Gasteiger partial charge in [0.15, 0.2) is 0 Å². The van der Waals surface area contributed by atoms with Gasteiger partial charge in [-0.25, -0.2) is 0 Å². The maximum Gasteiger partial charge on any atom is 0.0499 e. The lowest BCUT2D eigenvalue weighted by molar-refractivity contribution is 0.165. The summed E-state index contributed by atoms with van der Waals surface area (Å²) in [5.74, 6) is 0. The van der Waals surface area contributed by atoms with Gasteiger partial charge in [0.05, 0.1) is 0 Å². The molecule has 0 unspecified atom stereocenters. The zero-order chi connectivity index (χ0) is 13.2. The average molecular weight is 243 g/mol. The molecule has 0 saturated carbocycles. The van der Waals surface area contributed by atoms with Gasteiger partial charge in [0, 0.05) is 31.3 Å². The van der Waals surface area contributed by atoms with Crippen molar-refractivity contribution < 1.29 is 5.11 Å². The van der Waals surface area contributed by atoms with Crippen molar-refractivity contribution in [2.45, 2.75) is 13.8 Å². The van der Waals surface area contributed by atoms with E-state index in [-0.39, 0.29) is 12.0 Å². The van der Waals surface area contributed by atoms with Gasteiger partial charge in [0.1, 0.15) is 0 Å². The summed E-state index contributed by atoms with van der Waals surface area (Å²) in [4.78, 5) is 2.20. The second-order valence-electron chi connectivity index (χ2n) is 5.71. The molecule has 0 spiro atoms. The van der Waals surface area contributed by atoms with E-state index in [2.05, 4.69) is 68.3 Å². The lowest BCUT2D eigenvalue weighted by atomic mass is 9.94. The van der Waals surface area contributed by atoms with E-state index >= 15 is 0 Å². The highest BCUT2D eigenvalue weighted by Gasteiger charge is 2.19. The summed E-state index contributed by atoms with van der Waals surface area (Å²) >= 11 is 0. The summed E-state index contributed by atoms with van der Waals surface area (Å²) in [6.07, 6.45) is 0. The number of anilines is 1. The quantitative estimate of drug-likeness (QED) is 0.890. The predicted molar refractivity (Wildman–Crippen MR) is 78.1 cm³/mol. The van der Waals surface area contributed by atoms with Crippen LogP contribution in [-0.4, -0.2) is 25.3 Å². The van der Waals surface area contributed by atoms with Crippen molar-refractivity contribution in [3.63, 3.8) is 0 Å². The van der Waals surface area contributed by atoms with E-state index in [1.165, 1.54) is 16.5 Å². The highest BCUT2D eigenvalue weighted by Crippen LogP contribution is 2.24. The van der Waals surface area contributed by atoms with Crippen molar-refractivity contribution in [1.29, 1.82) is 0 Å². The molecule has 0 aliphatic carbocycles. The van der Waals surface area contributed by atoms with Gasteiger partial charge < -0.3 is 10.0 Å². The molecule has 2 rings (SSSR count). The smallest absolute Gasteiger partial charge is 0.0499 e. The molecule has 1 N–H and O–H groups in total. The molecule has 0 heterocycles. The van der Waals surface area contributed by atoms with Gasteiger partial charge in [-0.15, -0.1) is 0 Å². The van der Waals surface area contributed by atoms with Crippen molar-refractivity contribution in [3.8, 4) is 0 Å². The molecule has 0 atom stereocenters. The van der Waals surface area contributed by atoms with E-state index in [0.717, 1.165) is 6.54 Å². The molecule has 2 aromatic carbocycles. The second-order valence-corrected chi connectivity index (χ2v) is 5.71. The molecule has 0 aliphatic rings. The molecule has 18 heavy (non-hydrogen) atoms. The first kappa shape index (κ1) is 12.9. The Balaban J connectivity index is 2.25. The zero-order valence-electron chi connectivity index (χ0n) is 11.4. The standard InChI is InChI=1S/C16H21NO/c1-16(2,12-18)11-17(3)15-9-8-13-6-4-5-7-14(13)10-15/h4-10,18H,11-12H2,1-3H3. The van der Waals surface area contributed by atoms with Crippen LogP contribution in [0.25, 0.3) is 10.8 Å². The van der Waals surface area contributed by atoms with Crippen molar-refractivity contribution >= 4 is 16.5 Å². The fraction of sp³-hybridized carbons (Fsp3) is 0.375. The lowest BCUT2D eigenvalue weighted by Gasteiger charge is -2.30. The van der Waals surface area contributed by atoms with Gasteiger partial charge >= 0.3 is 0 Å². The highest BCUT2D eigenvalue weighted by molar-refractivity contribution is 5.85. The molecule has 0 bridgehead atoms. The fourth-order valence-corrected chi connectivity index (χ4v) is 2.20. The van der Waals surface area contributed by atoms with Gasteiger partial charge in [-0.1, -0.05) is 44.2 Å². The molecule has 0 saturated heterocycles. The Bertz CT molecular complexity index is 533. The molecule has 0 aliphatic heterocycles. The molecular formula is C16H21NO. The number of rotatable bonds is 4. The molecule has 2 aromatic rings. The van der Waals surface area contributed by atoms with Crippen LogP contribution in [0.15, 0.2) is 42.5 Å². The fourth-order valence-electron chi connectivity index (χ4n) is 2.20. The third-order valence-corrected chi connectivity index (χ3v) is 3.27. The number of aliphatic hydroxyl groups is 1. The van der Waals surface area contributed by atoms with Gasteiger partial charge in [0.25, 0.3) is 0 Å². The number of benzene rings is 2. The number of fused-ring (bicyclic) bond motifs is 1.